The van der Waals surface area contributed by atoms with E-state index in [1.54, 1.807) is 7.05 Å². The van der Waals surface area contributed by atoms with E-state index >= 15 is 0 Å². The molecule has 0 amide bonds. The molecular formula is C23H28ClN3O3. The summed E-state index contributed by atoms with van der Waals surface area (Å²) in [6.45, 7) is 3.29. The highest BCUT2D eigenvalue weighted by Crippen LogP contribution is 2.38. The Hall–Kier alpha value is -2.44. The van der Waals surface area contributed by atoms with Crippen LogP contribution in [-0.4, -0.2) is 46.1 Å². The van der Waals surface area contributed by atoms with Gasteiger partial charge in [0.05, 0.1) is 0 Å². The molecule has 160 valence electrons. The lowest BCUT2D eigenvalue weighted by molar-refractivity contribution is 0.0514. The first-order valence-electron chi connectivity index (χ1n) is 10.4. The zero-order valence-corrected chi connectivity index (χ0v) is 18.0. The number of benzene rings is 2. The van der Waals surface area contributed by atoms with Crippen LogP contribution in [0.25, 0.3) is 0 Å². The average molecular weight is 430 g/mol. The Morgan fingerprint density at radius 2 is 1.87 bits per heavy atom. The van der Waals surface area contributed by atoms with Gasteiger partial charge in [-0.15, -0.1) is 0 Å². The summed E-state index contributed by atoms with van der Waals surface area (Å²) in [5.74, 6) is 2.41. The summed E-state index contributed by atoms with van der Waals surface area (Å²) in [5.41, 5.74) is 2.31. The molecule has 0 aliphatic carbocycles. The van der Waals surface area contributed by atoms with Gasteiger partial charge in [-0.2, -0.15) is 0 Å². The molecule has 0 unspecified atom stereocenters. The Bertz CT molecular complexity index is 897. The van der Waals surface area contributed by atoms with Gasteiger partial charge >= 0.3 is 0 Å². The normalized spacial score (nSPS) is 17.6. The largest absolute Gasteiger partial charge is 0.454 e. The van der Waals surface area contributed by atoms with Gasteiger partial charge in [0, 0.05) is 43.8 Å². The van der Waals surface area contributed by atoms with Crippen molar-refractivity contribution in [2.24, 2.45) is 4.99 Å². The van der Waals surface area contributed by atoms with Gasteiger partial charge in [0.1, 0.15) is 0 Å². The third kappa shape index (κ3) is 4.65. The summed E-state index contributed by atoms with van der Waals surface area (Å²) in [6.07, 6.45) is 2.72. The van der Waals surface area contributed by atoms with Crippen LogP contribution in [0, 0.1) is 0 Å². The molecule has 1 fully saturated rings. The Kier molecular flexibility index (Phi) is 6.65. The minimum absolute atomic E-state index is 0.0640. The minimum atomic E-state index is -0.0640. The lowest BCUT2D eigenvalue weighted by Crippen LogP contribution is -2.48. The van der Waals surface area contributed by atoms with Crippen LogP contribution in [0.1, 0.15) is 24.0 Å². The van der Waals surface area contributed by atoms with Gasteiger partial charge in [-0.05, 0) is 48.6 Å². The first kappa shape index (κ1) is 20.8. The molecule has 0 aromatic heterocycles. The number of halogens is 1. The van der Waals surface area contributed by atoms with E-state index in [0.29, 0.717) is 6.79 Å². The predicted octanol–water partition coefficient (Wildman–Crippen LogP) is 3.52. The first-order valence-corrected chi connectivity index (χ1v) is 10.7. The molecule has 0 radical (unpaired) electrons. The fraction of sp³-hybridized carbons (Fsp3) is 0.435. The average Bonchev–Trinajstić information content (AvgIpc) is 3.25. The summed E-state index contributed by atoms with van der Waals surface area (Å²) >= 11 is 6.55. The van der Waals surface area contributed by atoms with Gasteiger partial charge in [0.15, 0.2) is 17.5 Å². The minimum Gasteiger partial charge on any atom is -0.454 e. The number of hydrogen-bond acceptors (Lipinski definition) is 4. The number of nitrogens with one attached hydrogen (secondary N) is 2. The number of ether oxygens (including phenoxy) is 3. The molecule has 0 saturated carbocycles. The molecule has 2 N–H and O–H groups in total. The van der Waals surface area contributed by atoms with E-state index < -0.39 is 0 Å². The maximum absolute atomic E-state index is 6.55. The van der Waals surface area contributed by atoms with E-state index in [-0.39, 0.29) is 5.41 Å². The van der Waals surface area contributed by atoms with Gasteiger partial charge in [-0.1, -0.05) is 35.9 Å². The molecule has 2 aliphatic rings. The van der Waals surface area contributed by atoms with Crippen LogP contribution < -0.4 is 20.1 Å². The lowest BCUT2D eigenvalue weighted by Gasteiger charge is -2.38. The molecule has 1 saturated heterocycles. The van der Waals surface area contributed by atoms with Crippen LogP contribution >= 0.6 is 11.6 Å². The highest BCUT2D eigenvalue weighted by Gasteiger charge is 2.36. The second kappa shape index (κ2) is 9.58. The van der Waals surface area contributed by atoms with Crippen molar-refractivity contribution in [3.8, 4) is 11.5 Å². The molecular weight excluding hydrogens is 402 g/mol. The van der Waals surface area contributed by atoms with Gasteiger partial charge < -0.3 is 24.8 Å². The SMILES string of the molecule is CN=C(NCCc1ccc2c(c1)OCO2)NCC1(c2ccccc2Cl)CCOCC1. The maximum Gasteiger partial charge on any atom is 0.231 e. The molecule has 0 spiro atoms. The lowest BCUT2D eigenvalue weighted by atomic mass is 9.74. The van der Waals surface area contributed by atoms with Crippen molar-refractivity contribution < 1.29 is 14.2 Å². The molecule has 2 aromatic carbocycles. The number of aliphatic imine (C=N–C) groups is 1. The van der Waals surface area contributed by atoms with E-state index in [2.05, 4.69) is 33.8 Å². The molecule has 6 nitrogen and oxygen atoms in total. The van der Waals surface area contributed by atoms with Gasteiger partial charge in [-0.3, -0.25) is 4.99 Å². The smallest absolute Gasteiger partial charge is 0.231 e. The molecule has 0 bridgehead atoms. The highest BCUT2D eigenvalue weighted by atomic mass is 35.5. The monoisotopic (exact) mass is 429 g/mol. The quantitative estimate of drug-likeness (QED) is 0.543. The van der Waals surface area contributed by atoms with Crippen molar-refractivity contribution in [3.63, 3.8) is 0 Å². The molecule has 0 atom stereocenters. The van der Waals surface area contributed by atoms with Gasteiger partial charge in [0.2, 0.25) is 6.79 Å². The van der Waals surface area contributed by atoms with Crippen LogP contribution in [0.2, 0.25) is 5.02 Å². The van der Waals surface area contributed by atoms with Crippen molar-refractivity contribution in [2.45, 2.75) is 24.7 Å². The highest BCUT2D eigenvalue weighted by molar-refractivity contribution is 6.31. The summed E-state index contributed by atoms with van der Waals surface area (Å²) < 4.78 is 16.5. The molecule has 2 aromatic rings. The first-order chi connectivity index (χ1) is 14.7. The second-order valence-electron chi connectivity index (χ2n) is 7.66. The number of hydrogen-bond donors (Lipinski definition) is 2. The number of fused-ring (bicyclic) bond motifs is 1. The van der Waals surface area contributed by atoms with Crippen LogP contribution in [0.15, 0.2) is 47.5 Å². The van der Waals surface area contributed by atoms with Gasteiger partial charge in [0.25, 0.3) is 0 Å². The topological polar surface area (TPSA) is 64.1 Å². The molecule has 2 heterocycles. The molecule has 2 aliphatic heterocycles. The van der Waals surface area contributed by atoms with E-state index in [1.165, 1.54) is 11.1 Å². The van der Waals surface area contributed by atoms with Crippen molar-refractivity contribution in [3.05, 3.63) is 58.6 Å². The van der Waals surface area contributed by atoms with Crippen molar-refractivity contribution in [1.29, 1.82) is 0 Å². The molecule has 30 heavy (non-hydrogen) atoms. The van der Waals surface area contributed by atoms with E-state index in [9.17, 15) is 0 Å². The molecule has 4 rings (SSSR count). The van der Waals surface area contributed by atoms with E-state index in [0.717, 1.165) is 68.0 Å². The van der Waals surface area contributed by atoms with Crippen molar-refractivity contribution in [1.82, 2.24) is 10.6 Å². The predicted molar refractivity (Wildman–Crippen MR) is 119 cm³/mol. The Morgan fingerprint density at radius 1 is 1.07 bits per heavy atom. The molecule has 7 heteroatoms. The number of guanidine groups is 1. The van der Waals surface area contributed by atoms with Crippen molar-refractivity contribution >= 4 is 17.6 Å². The van der Waals surface area contributed by atoms with Gasteiger partial charge in [-0.25, -0.2) is 0 Å². The number of rotatable bonds is 6. The van der Waals surface area contributed by atoms with Crippen LogP contribution in [-0.2, 0) is 16.6 Å². The zero-order chi connectivity index (χ0) is 20.8. The third-order valence-corrected chi connectivity index (χ3v) is 6.19. The fourth-order valence-electron chi connectivity index (χ4n) is 4.09. The Labute approximate surface area is 182 Å². The second-order valence-corrected chi connectivity index (χ2v) is 8.07. The number of nitrogens with zero attached hydrogens (tertiary/aromatic N) is 1. The van der Waals surface area contributed by atoms with Crippen LogP contribution in [0.4, 0.5) is 0 Å². The summed E-state index contributed by atoms with van der Waals surface area (Å²) in [5, 5.41) is 7.74. The third-order valence-electron chi connectivity index (χ3n) is 5.86. The standard InChI is InChI=1S/C23H28ClN3O3/c1-25-22(26-11-8-17-6-7-20-21(14-17)30-16-29-20)27-15-23(9-12-28-13-10-23)18-4-2-3-5-19(18)24/h2-7,14H,8-13,15-16H2,1H3,(H2,25,26,27). The van der Waals surface area contributed by atoms with Crippen LogP contribution in [0.3, 0.4) is 0 Å². The Balaban J connectivity index is 1.35. The summed E-state index contributed by atoms with van der Waals surface area (Å²) in [4.78, 5) is 4.39. The summed E-state index contributed by atoms with van der Waals surface area (Å²) in [7, 11) is 1.79. The fourth-order valence-corrected chi connectivity index (χ4v) is 4.43. The Morgan fingerprint density at radius 3 is 2.67 bits per heavy atom. The van der Waals surface area contributed by atoms with Crippen LogP contribution in [0.5, 0.6) is 11.5 Å². The van der Waals surface area contributed by atoms with Crippen molar-refractivity contribution in [2.75, 3.05) is 40.1 Å². The van der Waals surface area contributed by atoms with E-state index in [1.807, 2.05) is 24.3 Å². The zero-order valence-electron chi connectivity index (χ0n) is 17.2. The summed E-state index contributed by atoms with van der Waals surface area (Å²) in [6, 6.07) is 14.2. The van der Waals surface area contributed by atoms with E-state index in [4.69, 9.17) is 25.8 Å². The maximum atomic E-state index is 6.55.